The van der Waals surface area contributed by atoms with Gasteiger partial charge in [0.1, 0.15) is 11.5 Å². The average molecular weight is 302 g/mol. The number of aliphatic hydroxyl groups is 1. The van der Waals surface area contributed by atoms with Crippen LogP contribution in [0.25, 0.3) is 0 Å². The van der Waals surface area contributed by atoms with Gasteiger partial charge in [-0.15, -0.1) is 0 Å². The minimum atomic E-state index is -0.135. The molecule has 2 rings (SSSR count). The van der Waals surface area contributed by atoms with Crippen LogP contribution in [0.1, 0.15) is 50.2 Å². The van der Waals surface area contributed by atoms with E-state index in [2.05, 4.69) is 13.5 Å². The summed E-state index contributed by atoms with van der Waals surface area (Å²) in [7, 11) is 0. The molecule has 1 aliphatic rings. The van der Waals surface area contributed by atoms with Crippen molar-refractivity contribution in [3.05, 3.63) is 47.1 Å². The first-order valence-corrected chi connectivity index (χ1v) is 7.98. The molecule has 1 aromatic carbocycles. The van der Waals surface area contributed by atoms with Crippen LogP contribution in [0.2, 0.25) is 0 Å². The molecule has 0 aromatic heterocycles. The van der Waals surface area contributed by atoms with Gasteiger partial charge in [0.15, 0.2) is 0 Å². The fourth-order valence-electron chi connectivity index (χ4n) is 3.40. The Bertz CT molecular complexity index is 563. The lowest BCUT2D eigenvalue weighted by Crippen LogP contribution is -2.18. The largest absolute Gasteiger partial charge is 0.507 e. The van der Waals surface area contributed by atoms with E-state index < -0.39 is 0 Å². The topological polar surface area (TPSA) is 60.7 Å². The Balaban J connectivity index is 2.48. The molecule has 0 aliphatic heterocycles. The van der Waals surface area contributed by atoms with Crippen LogP contribution in [0, 0.1) is 5.92 Å². The van der Waals surface area contributed by atoms with Crippen molar-refractivity contribution in [3.8, 4) is 11.5 Å². The Labute approximate surface area is 132 Å². The molecule has 22 heavy (non-hydrogen) atoms. The summed E-state index contributed by atoms with van der Waals surface area (Å²) in [6.45, 7) is 8.13. The Kier molecular flexibility index (Phi) is 5.30. The first-order valence-electron chi connectivity index (χ1n) is 7.98. The van der Waals surface area contributed by atoms with Crippen molar-refractivity contribution in [2.75, 3.05) is 6.61 Å². The lowest BCUT2D eigenvalue weighted by molar-refractivity contribution is 0.314. The number of rotatable bonds is 5. The van der Waals surface area contributed by atoms with E-state index in [4.69, 9.17) is 0 Å². The number of hydrogen-bond donors (Lipinski definition) is 3. The molecule has 0 saturated heterocycles. The smallest absolute Gasteiger partial charge is 0.123 e. The summed E-state index contributed by atoms with van der Waals surface area (Å²) in [4.78, 5) is 0. The number of aliphatic hydroxyl groups excluding tert-OH is 1. The summed E-state index contributed by atoms with van der Waals surface area (Å²) in [5.41, 5.74) is 3.49. The maximum Gasteiger partial charge on any atom is 0.123 e. The van der Waals surface area contributed by atoms with E-state index in [1.165, 1.54) is 0 Å². The molecule has 0 fully saturated rings. The molecule has 3 N–H and O–H groups in total. The molecule has 3 heteroatoms. The third kappa shape index (κ3) is 3.36. The number of aromatic hydroxyl groups is 2. The molecule has 0 spiro atoms. The van der Waals surface area contributed by atoms with Crippen molar-refractivity contribution in [3.63, 3.8) is 0 Å². The minimum Gasteiger partial charge on any atom is -0.507 e. The van der Waals surface area contributed by atoms with Gasteiger partial charge in [-0.3, -0.25) is 0 Å². The zero-order valence-corrected chi connectivity index (χ0v) is 13.5. The van der Waals surface area contributed by atoms with Crippen molar-refractivity contribution >= 4 is 0 Å². The van der Waals surface area contributed by atoms with E-state index in [0.29, 0.717) is 5.56 Å². The Hall–Kier alpha value is -1.74. The molecule has 0 radical (unpaired) electrons. The van der Waals surface area contributed by atoms with Crippen LogP contribution < -0.4 is 0 Å². The van der Waals surface area contributed by atoms with Crippen molar-refractivity contribution in [2.24, 2.45) is 5.92 Å². The van der Waals surface area contributed by atoms with Gasteiger partial charge in [-0.25, -0.2) is 0 Å². The Morgan fingerprint density at radius 1 is 1.27 bits per heavy atom. The second kappa shape index (κ2) is 7.01. The van der Waals surface area contributed by atoms with Gasteiger partial charge in [0, 0.05) is 11.5 Å². The van der Waals surface area contributed by atoms with Gasteiger partial charge in [-0.05, 0) is 55.4 Å². The molecule has 0 bridgehead atoms. The van der Waals surface area contributed by atoms with Crippen LogP contribution in [-0.4, -0.2) is 21.9 Å². The minimum absolute atomic E-state index is 0.0227. The summed E-state index contributed by atoms with van der Waals surface area (Å²) in [6, 6.07) is 3.49. The van der Waals surface area contributed by atoms with Gasteiger partial charge in [0.2, 0.25) is 0 Å². The van der Waals surface area contributed by atoms with Gasteiger partial charge in [0.25, 0.3) is 0 Å². The number of benzene rings is 1. The maximum atomic E-state index is 10.4. The highest BCUT2D eigenvalue weighted by Gasteiger charge is 2.30. The third-order valence-electron chi connectivity index (χ3n) is 4.53. The van der Waals surface area contributed by atoms with E-state index in [1.54, 1.807) is 12.1 Å². The number of hydrogen-bond acceptors (Lipinski definition) is 3. The first kappa shape index (κ1) is 16.6. The molecule has 0 unspecified atom stereocenters. The molecule has 0 saturated carbocycles. The van der Waals surface area contributed by atoms with Crippen LogP contribution in [0.5, 0.6) is 11.5 Å². The standard InChI is InChI=1S/C19H26O3/c1-4-5-13-9-17(21)19(18(22)10-13)16-8-14(11-20)6-7-15(16)12(2)3/h8-10,15-16,20-22H,2,4-7,11H2,1,3H3/t15-,16+/m0/s1. The van der Waals surface area contributed by atoms with Gasteiger partial charge in [-0.2, -0.15) is 0 Å². The molecule has 1 aliphatic carbocycles. The summed E-state index contributed by atoms with van der Waals surface area (Å²) in [5.74, 6) is 0.304. The zero-order chi connectivity index (χ0) is 16.3. The van der Waals surface area contributed by atoms with Crippen LogP contribution in [0.3, 0.4) is 0 Å². The monoisotopic (exact) mass is 302 g/mol. The van der Waals surface area contributed by atoms with E-state index in [0.717, 1.165) is 42.4 Å². The third-order valence-corrected chi connectivity index (χ3v) is 4.53. The highest BCUT2D eigenvalue weighted by atomic mass is 16.3. The van der Waals surface area contributed by atoms with Crippen molar-refractivity contribution in [1.82, 2.24) is 0 Å². The summed E-state index contributed by atoms with van der Waals surface area (Å²) in [6.07, 6.45) is 5.48. The van der Waals surface area contributed by atoms with Gasteiger partial charge in [0.05, 0.1) is 6.61 Å². The highest BCUT2D eigenvalue weighted by Crippen LogP contribution is 2.46. The fraction of sp³-hybridized carbons (Fsp3) is 0.474. The normalized spacial score (nSPS) is 21.5. The molecule has 0 heterocycles. The summed E-state index contributed by atoms with van der Waals surface area (Å²) in [5, 5.41) is 30.3. The highest BCUT2D eigenvalue weighted by molar-refractivity contribution is 5.51. The Morgan fingerprint density at radius 2 is 1.91 bits per heavy atom. The number of aryl methyl sites for hydroxylation is 1. The van der Waals surface area contributed by atoms with Gasteiger partial charge in [-0.1, -0.05) is 31.6 Å². The van der Waals surface area contributed by atoms with Crippen molar-refractivity contribution < 1.29 is 15.3 Å². The van der Waals surface area contributed by atoms with Gasteiger partial charge >= 0.3 is 0 Å². The van der Waals surface area contributed by atoms with Crippen molar-refractivity contribution in [2.45, 2.75) is 45.4 Å². The quantitative estimate of drug-likeness (QED) is 0.719. The predicted molar refractivity (Wildman–Crippen MR) is 89.2 cm³/mol. The molecular weight excluding hydrogens is 276 g/mol. The molecule has 0 amide bonds. The van der Waals surface area contributed by atoms with E-state index in [1.807, 2.05) is 13.0 Å². The van der Waals surface area contributed by atoms with E-state index >= 15 is 0 Å². The number of phenols is 2. The molecule has 120 valence electrons. The van der Waals surface area contributed by atoms with Crippen LogP contribution in [0.4, 0.5) is 0 Å². The predicted octanol–water partition coefficient (Wildman–Crippen LogP) is 4.04. The molecule has 2 atom stereocenters. The van der Waals surface area contributed by atoms with Crippen LogP contribution >= 0.6 is 0 Å². The van der Waals surface area contributed by atoms with E-state index in [-0.39, 0.29) is 29.9 Å². The second-order valence-electron chi connectivity index (χ2n) is 6.30. The first-order chi connectivity index (χ1) is 10.5. The Morgan fingerprint density at radius 3 is 2.41 bits per heavy atom. The second-order valence-corrected chi connectivity index (χ2v) is 6.30. The van der Waals surface area contributed by atoms with Crippen LogP contribution in [0.15, 0.2) is 35.9 Å². The summed E-state index contributed by atoms with van der Waals surface area (Å²) >= 11 is 0. The molecule has 1 aromatic rings. The number of allylic oxidation sites excluding steroid dienone is 2. The average Bonchev–Trinajstić information content (AvgIpc) is 2.46. The van der Waals surface area contributed by atoms with Crippen LogP contribution in [-0.2, 0) is 6.42 Å². The SMILES string of the molecule is C=C(C)[C@@H]1CCC(CO)=C[C@H]1c1c(O)cc(CCC)cc1O. The maximum absolute atomic E-state index is 10.4. The zero-order valence-electron chi connectivity index (χ0n) is 13.5. The fourth-order valence-corrected chi connectivity index (χ4v) is 3.40. The number of phenolic OH excluding ortho intramolecular Hbond substituents is 2. The molecule has 3 nitrogen and oxygen atoms in total. The van der Waals surface area contributed by atoms with Crippen molar-refractivity contribution in [1.29, 1.82) is 0 Å². The summed E-state index contributed by atoms with van der Waals surface area (Å²) < 4.78 is 0. The van der Waals surface area contributed by atoms with E-state index in [9.17, 15) is 15.3 Å². The van der Waals surface area contributed by atoms with Gasteiger partial charge < -0.3 is 15.3 Å². The lowest BCUT2D eigenvalue weighted by Gasteiger charge is -2.31. The molecular formula is C19H26O3. The lowest BCUT2D eigenvalue weighted by atomic mass is 9.73.